The van der Waals surface area contributed by atoms with Crippen LogP contribution in [0.2, 0.25) is 0 Å². The number of anilines is 1. The average molecular weight is 300 g/mol. The van der Waals surface area contributed by atoms with Gasteiger partial charge in [-0.2, -0.15) is 0 Å². The standard InChI is InChI=1S/C15H14N2O5/c16-11-6-9-4-2-1-3-8(9)5-10(11)14(20)17-12(15(21)22)7-13(18)19/h1-6,12H,7,16H2,(H,17,20)(H,18,19)(H,21,22)/p-2/t12-/m0/s1. The van der Waals surface area contributed by atoms with Gasteiger partial charge >= 0.3 is 0 Å². The van der Waals surface area contributed by atoms with E-state index in [2.05, 4.69) is 5.32 Å². The number of carboxylic acids is 2. The summed E-state index contributed by atoms with van der Waals surface area (Å²) in [5, 5.41) is 25.0. The zero-order valence-corrected chi connectivity index (χ0v) is 11.4. The van der Waals surface area contributed by atoms with Crippen molar-refractivity contribution in [2.75, 3.05) is 5.73 Å². The lowest BCUT2D eigenvalue weighted by molar-refractivity contribution is -0.317. The van der Waals surface area contributed by atoms with E-state index in [1.54, 1.807) is 18.2 Å². The fourth-order valence-electron chi connectivity index (χ4n) is 2.05. The summed E-state index contributed by atoms with van der Waals surface area (Å²) in [5.41, 5.74) is 6.00. The molecule has 0 unspecified atom stereocenters. The summed E-state index contributed by atoms with van der Waals surface area (Å²) in [6.07, 6.45) is -0.887. The second-order valence-electron chi connectivity index (χ2n) is 4.71. The molecule has 0 saturated heterocycles. The van der Waals surface area contributed by atoms with Crippen molar-refractivity contribution in [2.24, 2.45) is 0 Å². The monoisotopic (exact) mass is 300 g/mol. The fourth-order valence-corrected chi connectivity index (χ4v) is 2.05. The Balaban J connectivity index is 2.30. The Labute approximate surface area is 125 Å². The third-order valence-corrected chi connectivity index (χ3v) is 3.12. The van der Waals surface area contributed by atoms with Crippen molar-refractivity contribution in [3.05, 3.63) is 42.0 Å². The van der Waals surface area contributed by atoms with E-state index in [0.29, 0.717) is 0 Å². The van der Waals surface area contributed by atoms with Crippen LogP contribution in [0.4, 0.5) is 5.69 Å². The van der Waals surface area contributed by atoms with E-state index in [1.165, 1.54) is 6.07 Å². The zero-order valence-electron chi connectivity index (χ0n) is 11.4. The van der Waals surface area contributed by atoms with Crippen molar-refractivity contribution in [1.82, 2.24) is 5.32 Å². The molecule has 0 aliphatic rings. The summed E-state index contributed by atoms with van der Waals surface area (Å²) in [6.45, 7) is 0. The van der Waals surface area contributed by atoms with Crippen LogP contribution in [0.3, 0.4) is 0 Å². The van der Waals surface area contributed by atoms with E-state index in [0.717, 1.165) is 10.8 Å². The molecule has 1 atom stereocenters. The second-order valence-corrected chi connectivity index (χ2v) is 4.71. The zero-order chi connectivity index (χ0) is 16.3. The number of carbonyl (C=O) groups excluding carboxylic acids is 3. The van der Waals surface area contributed by atoms with Gasteiger partial charge in [-0.05, 0) is 22.9 Å². The van der Waals surface area contributed by atoms with Gasteiger partial charge in [0, 0.05) is 18.1 Å². The highest BCUT2D eigenvalue weighted by Gasteiger charge is 2.17. The van der Waals surface area contributed by atoms with Gasteiger partial charge < -0.3 is 30.9 Å². The summed E-state index contributed by atoms with van der Waals surface area (Å²) in [7, 11) is 0. The van der Waals surface area contributed by atoms with Crippen LogP contribution in [0.1, 0.15) is 16.8 Å². The lowest BCUT2D eigenvalue weighted by Gasteiger charge is -2.20. The number of carbonyl (C=O) groups is 3. The topological polar surface area (TPSA) is 135 Å². The molecule has 7 heteroatoms. The highest BCUT2D eigenvalue weighted by atomic mass is 16.4. The molecule has 2 rings (SSSR count). The number of hydrogen-bond donors (Lipinski definition) is 2. The third-order valence-electron chi connectivity index (χ3n) is 3.12. The first-order valence-corrected chi connectivity index (χ1v) is 6.38. The summed E-state index contributed by atoms with van der Waals surface area (Å²) in [4.78, 5) is 33.5. The first-order valence-electron chi connectivity index (χ1n) is 6.38. The third kappa shape index (κ3) is 3.32. The van der Waals surface area contributed by atoms with Gasteiger partial charge in [0.2, 0.25) is 0 Å². The molecule has 0 spiro atoms. The molecule has 22 heavy (non-hydrogen) atoms. The number of nitrogens with one attached hydrogen (secondary N) is 1. The summed E-state index contributed by atoms with van der Waals surface area (Å²) in [6, 6.07) is 8.57. The Bertz CT molecular complexity index is 757. The van der Waals surface area contributed by atoms with Gasteiger partial charge in [-0.15, -0.1) is 0 Å². The molecule has 0 aliphatic heterocycles. The van der Waals surface area contributed by atoms with E-state index in [9.17, 15) is 24.6 Å². The van der Waals surface area contributed by atoms with Gasteiger partial charge in [0.1, 0.15) is 0 Å². The Hall–Kier alpha value is -3.09. The van der Waals surface area contributed by atoms with Gasteiger partial charge in [0.15, 0.2) is 0 Å². The minimum atomic E-state index is -1.71. The van der Waals surface area contributed by atoms with Crippen LogP contribution in [0.25, 0.3) is 10.8 Å². The van der Waals surface area contributed by atoms with Crippen LogP contribution in [-0.2, 0) is 9.59 Å². The average Bonchev–Trinajstić information content (AvgIpc) is 2.45. The molecule has 0 heterocycles. The number of nitrogen functional groups attached to an aromatic ring is 1. The molecule has 0 aliphatic carbocycles. The number of benzene rings is 2. The lowest BCUT2D eigenvalue weighted by Crippen LogP contribution is -2.50. The molecule has 3 N–H and O–H groups in total. The van der Waals surface area contributed by atoms with Crippen LogP contribution in [0, 0.1) is 0 Å². The molecule has 0 fully saturated rings. The predicted octanol–water partition coefficient (Wildman–Crippen LogP) is -1.59. The van der Waals surface area contributed by atoms with Crippen LogP contribution >= 0.6 is 0 Å². The minimum Gasteiger partial charge on any atom is -0.550 e. The van der Waals surface area contributed by atoms with Crippen molar-refractivity contribution in [2.45, 2.75) is 12.5 Å². The highest BCUT2D eigenvalue weighted by molar-refractivity contribution is 6.05. The summed E-state index contributed by atoms with van der Waals surface area (Å²) < 4.78 is 0. The Kier molecular flexibility index (Phi) is 4.26. The van der Waals surface area contributed by atoms with Crippen LogP contribution in [0.15, 0.2) is 36.4 Å². The molecule has 1 amide bonds. The quantitative estimate of drug-likeness (QED) is 0.639. The Morgan fingerprint density at radius 3 is 2.23 bits per heavy atom. The normalized spacial score (nSPS) is 11.8. The molecule has 0 aromatic heterocycles. The number of hydrogen-bond acceptors (Lipinski definition) is 6. The van der Waals surface area contributed by atoms with Gasteiger partial charge in [-0.3, -0.25) is 4.79 Å². The molecular weight excluding hydrogens is 288 g/mol. The number of nitrogens with two attached hydrogens (primary N) is 1. The molecule has 2 aromatic rings. The molecular formula is C15H12N2O5-2. The number of aliphatic carboxylic acids is 2. The second kappa shape index (κ2) is 6.13. The van der Waals surface area contributed by atoms with Gasteiger partial charge in [-0.25, -0.2) is 0 Å². The predicted molar refractivity (Wildman–Crippen MR) is 74.2 cm³/mol. The van der Waals surface area contributed by atoms with Crippen molar-refractivity contribution in [3.63, 3.8) is 0 Å². The van der Waals surface area contributed by atoms with Gasteiger partial charge in [0.25, 0.3) is 5.91 Å². The van der Waals surface area contributed by atoms with Crippen molar-refractivity contribution in [1.29, 1.82) is 0 Å². The first kappa shape index (κ1) is 15.3. The van der Waals surface area contributed by atoms with Crippen LogP contribution in [0.5, 0.6) is 0 Å². The van der Waals surface area contributed by atoms with E-state index in [1.807, 2.05) is 12.1 Å². The highest BCUT2D eigenvalue weighted by Crippen LogP contribution is 2.21. The summed E-state index contributed by atoms with van der Waals surface area (Å²) in [5.74, 6) is -4.11. The molecule has 0 bridgehead atoms. The van der Waals surface area contributed by atoms with E-state index in [4.69, 9.17) is 5.73 Å². The maximum Gasteiger partial charge on any atom is 0.253 e. The van der Waals surface area contributed by atoms with E-state index < -0.39 is 30.3 Å². The minimum absolute atomic E-state index is 0.0586. The Morgan fingerprint density at radius 1 is 1.09 bits per heavy atom. The van der Waals surface area contributed by atoms with E-state index in [-0.39, 0.29) is 11.3 Å². The van der Waals surface area contributed by atoms with E-state index >= 15 is 0 Å². The number of amides is 1. The molecule has 114 valence electrons. The lowest BCUT2D eigenvalue weighted by atomic mass is 10.0. The van der Waals surface area contributed by atoms with Crippen molar-refractivity contribution in [3.8, 4) is 0 Å². The SMILES string of the molecule is Nc1cc2ccccc2cc1C(=O)N[C@@H](CC(=O)[O-])C(=O)[O-]. The van der Waals surface area contributed by atoms with Gasteiger partial charge in [0.05, 0.1) is 17.6 Å². The fraction of sp³-hybridized carbons (Fsp3) is 0.133. The molecule has 2 aromatic carbocycles. The van der Waals surface area contributed by atoms with Gasteiger partial charge in [-0.1, -0.05) is 24.3 Å². The largest absolute Gasteiger partial charge is 0.550 e. The molecule has 0 radical (unpaired) electrons. The summed E-state index contributed by atoms with van der Waals surface area (Å²) >= 11 is 0. The maximum atomic E-state index is 12.1. The van der Waals surface area contributed by atoms with Crippen LogP contribution in [-0.4, -0.2) is 23.9 Å². The number of fused-ring (bicyclic) bond motifs is 1. The first-order chi connectivity index (χ1) is 10.4. The van der Waals surface area contributed by atoms with Crippen LogP contribution < -0.4 is 21.3 Å². The smallest absolute Gasteiger partial charge is 0.253 e. The van der Waals surface area contributed by atoms with Crippen molar-refractivity contribution >= 4 is 34.3 Å². The molecule has 7 nitrogen and oxygen atoms in total. The van der Waals surface area contributed by atoms with Crippen molar-refractivity contribution < 1.29 is 24.6 Å². The number of rotatable bonds is 5. The Morgan fingerprint density at radius 2 is 1.68 bits per heavy atom. The molecule has 0 saturated carbocycles. The number of carboxylic acid groups (broad SMARTS) is 2. The maximum absolute atomic E-state index is 12.1.